The zero-order chi connectivity index (χ0) is 20.2. The van der Waals surface area contributed by atoms with Gasteiger partial charge in [0.1, 0.15) is 0 Å². The van der Waals surface area contributed by atoms with Crippen LogP contribution in [0.3, 0.4) is 0 Å². The molecule has 1 aliphatic carbocycles. The molecule has 2 unspecified atom stereocenters. The minimum Gasteiger partial charge on any atom is -0.351 e. The van der Waals surface area contributed by atoms with Crippen molar-refractivity contribution in [1.29, 1.82) is 0 Å². The van der Waals surface area contributed by atoms with E-state index in [4.69, 9.17) is 10.3 Å². The van der Waals surface area contributed by atoms with E-state index in [1.807, 2.05) is 0 Å². The number of nitrogens with one attached hydrogen (secondary N) is 1. The SMILES string of the molecule is NC1CCN(S(=O)(=O)N2C3CCC2CC(NC(=O)c2cc(C4CC4)no2)C3)CC1. The molecule has 10 heteroatoms. The van der Waals surface area contributed by atoms with Gasteiger partial charge in [0, 0.05) is 49.2 Å². The maximum Gasteiger partial charge on any atom is 0.290 e. The van der Waals surface area contributed by atoms with Gasteiger partial charge < -0.3 is 15.6 Å². The van der Waals surface area contributed by atoms with E-state index in [0.717, 1.165) is 31.4 Å². The van der Waals surface area contributed by atoms with Gasteiger partial charge in [0.05, 0.1) is 5.69 Å². The van der Waals surface area contributed by atoms with Crippen molar-refractivity contribution in [2.75, 3.05) is 13.1 Å². The predicted octanol–water partition coefficient (Wildman–Crippen LogP) is 0.945. The summed E-state index contributed by atoms with van der Waals surface area (Å²) in [6.07, 6.45) is 6.59. The number of carbonyl (C=O) groups excluding carboxylic acids is 1. The Morgan fingerprint density at radius 1 is 1.10 bits per heavy atom. The molecular weight excluding hydrogens is 394 g/mol. The first-order chi connectivity index (χ1) is 13.9. The molecule has 2 bridgehead atoms. The first-order valence-corrected chi connectivity index (χ1v) is 12.1. The molecule has 9 nitrogen and oxygen atoms in total. The summed E-state index contributed by atoms with van der Waals surface area (Å²) >= 11 is 0. The molecule has 2 atom stereocenters. The predicted molar refractivity (Wildman–Crippen MR) is 105 cm³/mol. The van der Waals surface area contributed by atoms with E-state index in [-0.39, 0.29) is 35.8 Å². The van der Waals surface area contributed by atoms with Crippen LogP contribution in [0.5, 0.6) is 0 Å². The Morgan fingerprint density at radius 2 is 1.76 bits per heavy atom. The van der Waals surface area contributed by atoms with E-state index in [9.17, 15) is 13.2 Å². The fourth-order valence-corrected chi connectivity index (χ4v) is 7.17. The Balaban J connectivity index is 1.23. The average Bonchev–Trinajstić information content (AvgIpc) is 3.34. The highest BCUT2D eigenvalue weighted by molar-refractivity contribution is 7.86. The third-order valence-electron chi connectivity index (χ3n) is 6.84. The lowest BCUT2D eigenvalue weighted by Gasteiger charge is -2.41. The molecule has 4 heterocycles. The quantitative estimate of drug-likeness (QED) is 0.727. The standard InChI is InChI=1S/C19H29N5O4S/c20-13-5-7-23(8-6-13)29(26,27)24-15-3-4-16(24)10-14(9-15)21-19(25)18-11-17(22-28-18)12-1-2-12/h11-16H,1-10,20H2,(H,21,25). The van der Waals surface area contributed by atoms with Crippen molar-refractivity contribution in [1.82, 2.24) is 19.1 Å². The van der Waals surface area contributed by atoms with Crippen molar-refractivity contribution in [3.05, 3.63) is 17.5 Å². The highest BCUT2D eigenvalue weighted by Gasteiger charge is 2.49. The van der Waals surface area contributed by atoms with Crippen molar-refractivity contribution < 1.29 is 17.7 Å². The lowest BCUT2D eigenvalue weighted by molar-refractivity contribution is 0.0869. The number of piperidine rings is 2. The molecule has 29 heavy (non-hydrogen) atoms. The van der Waals surface area contributed by atoms with Crippen molar-refractivity contribution in [3.8, 4) is 0 Å². The molecule has 4 aliphatic rings. The molecule has 4 fully saturated rings. The highest BCUT2D eigenvalue weighted by Crippen LogP contribution is 2.40. The maximum atomic E-state index is 13.2. The third kappa shape index (κ3) is 3.71. The monoisotopic (exact) mass is 423 g/mol. The summed E-state index contributed by atoms with van der Waals surface area (Å²) in [6, 6.07) is 1.67. The third-order valence-corrected chi connectivity index (χ3v) is 8.99. The van der Waals surface area contributed by atoms with Crippen molar-refractivity contribution in [2.45, 2.75) is 81.5 Å². The molecule has 1 aromatic rings. The zero-order valence-corrected chi connectivity index (χ0v) is 17.3. The van der Waals surface area contributed by atoms with Gasteiger partial charge in [0.25, 0.3) is 16.1 Å². The van der Waals surface area contributed by atoms with Gasteiger partial charge >= 0.3 is 0 Å². The second kappa shape index (κ2) is 7.33. The normalized spacial score (nSPS) is 31.8. The van der Waals surface area contributed by atoms with Crippen molar-refractivity contribution in [2.24, 2.45) is 5.73 Å². The van der Waals surface area contributed by atoms with Crippen LogP contribution in [0.1, 0.15) is 73.5 Å². The highest BCUT2D eigenvalue weighted by atomic mass is 32.2. The minimum atomic E-state index is -3.48. The number of nitrogens with zero attached hydrogens (tertiary/aromatic N) is 3. The summed E-state index contributed by atoms with van der Waals surface area (Å²) in [6.45, 7) is 0.989. The zero-order valence-electron chi connectivity index (χ0n) is 16.5. The largest absolute Gasteiger partial charge is 0.351 e. The molecule has 1 aromatic heterocycles. The molecule has 5 rings (SSSR count). The molecule has 1 amide bonds. The minimum absolute atomic E-state index is 0.0456. The number of hydrogen-bond donors (Lipinski definition) is 2. The lowest BCUT2D eigenvalue weighted by Crippen LogP contribution is -2.57. The van der Waals surface area contributed by atoms with E-state index in [2.05, 4.69) is 10.5 Å². The molecule has 3 saturated heterocycles. The van der Waals surface area contributed by atoms with E-state index < -0.39 is 10.2 Å². The molecule has 1 saturated carbocycles. The Labute approximate surface area is 171 Å². The van der Waals surface area contributed by atoms with Crippen LogP contribution in [0.25, 0.3) is 0 Å². The summed E-state index contributed by atoms with van der Waals surface area (Å²) in [5.41, 5.74) is 6.79. The van der Waals surface area contributed by atoms with Gasteiger partial charge in [-0.2, -0.15) is 17.0 Å². The number of amides is 1. The van der Waals surface area contributed by atoms with Gasteiger partial charge in [-0.3, -0.25) is 4.79 Å². The number of aromatic nitrogens is 1. The molecule has 0 radical (unpaired) electrons. The van der Waals surface area contributed by atoms with Crippen LogP contribution in [-0.2, 0) is 10.2 Å². The fourth-order valence-electron chi connectivity index (χ4n) is 5.09. The van der Waals surface area contributed by atoms with E-state index in [1.54, 1.807) is 14.7 Å². The molecular formula is C19H29N5O4S. The van der Waals surface area contributed by atoms with Gasteiger partial charge in [-0.25, -0.2) is 0 Å². The Morgan fingerprint density at radius 3 is 2.38 bits per heavy atom. The van der Waals surface area contributed by atoms with Gasteiger partial charge in [0.15, 0.2) is 0 Å². The topological polar surface area (TPSA) is 122 Å². The van der Waals surface area contributed by atoms with E-state index in [1.165, 1.54) is 0 Å². The first-order valence-electron chi connectivity index (χ1n) is 10.7. The number of hydrogen-bond acceptors (Lipinski definition) is 6. The van der Waals surface area contributed by atoms with E-state index in [0.29, 0.717) is 44.7 Å². The summed E-state index contributed by atoms with van der Waals surface area (Å²) < 4.78 is 35.0. The van der Waals surface area contributed by atoms with Crippen molar-refractivity contribution >= 4 is 16.1 Å². The Hall–Kier alpha value is -1.49. The van der Waals surface area contributed by atoms with Crippen LogP contribution in [-0.4, -0.2) is 65.3 Å². The average molecular weight is 424 g/mol. The number of rotatable bonds is 5. The molecule has 0 spiro atoms. The second-order valence-electron chi connectivity index (χ2n) is 8.99. The fraction of sp³-hybridized carbons (Fsp3) is 0.789. The Kier molecular flexibility index (Phi) is 4.92. The number of nitrogens with two attached hydrogens (primary N) is 1. The number of fused-ring (bicyclic) bond motifs is 2. The lowest BCUT2D eigenvalue weighted by atomic mass is 9.99. The summed E-state index contributed by atoms with van der Waals surface area (Å²) in [5, 5.41) is 7.04. The molecule has 0 aromatic carbocycles. The van der Waals surface area contributed by atoms with Gasteiger partial charge in [0.2, 0.25) is 5.76 Å². The van der Waals surface area contributed by atoms with Gasteiger partial charge in [-0.1, -0.05) is 5.16 Å². The van der Waals surface area contributed by atoms with Crippen LogP contribution in [0.4, 0.5) is 0 Å². The summed E-state index contributed by atoms with van der Waals surface area (Å²) in [5.74, 6) is 0.433. The molecule has 3 N–H and O–H groups in total. The summed E-state index contributed by atoms with van der Waals surface area (Å²) in [4.78, 5) is 12.6. The molecule has 160 valence electrons. The first kappa shape index (κ1) is 19.5. The van der Waals surface area contributed by atoms with Crippen molar-refractivity contribution in [3.63, 3.8) is 0 Å². The van der Waals surface area contributed by atoms with Gasteiger partial charge in [-0.05, 0) is 51.4 Å². The van der Waals surface area contributed by atoms with Crippen LogP contribution in [0, 0.1) is 0 Å². The second-order valence-corrected chi connectivity index (χ2v) is 10.8. The van der Waals surface area contributed by atoms with Crippen LogP contribution in [0.15, 0.2) is 10.6 Å². The van der Waals surface area contributed by atoms with Crippen LogP contribution in [0.2, 0.25) is 0 Å². The smallest absolute Gasteiger partial charge is 0.290 e. The summed E-state index contributed by atoms with van der Waals surface area (Å²) in [7, 11) is -3.48. The molecule has 3 aliphatic heterocycles. The van der Waals surface area contributed by atoms with Gasteiger partial charge in [-0.15, -0.1) is 0 Å². The van der Waals surface area contributed by atoms with E-state index >= 15 is 0 Å². The van der Waals surface area contributed by atoms with Crippen LogP contribution < -0.4 is 11.1 Å². The Bertz CT molecular complexity index is 861. The van der Waals surface area contributed by atoms with Crippen LogP contribution >= 0.6 is 0 Å². The number of carbonyl (C=O) groups is 1. The maximum absolute atomic E-state index is 13.2.